The van der Waals surface area contributed by atoms with Crippen LogP contribution in [0.2, 0.25) is 0 Å². The number of benzene rings is 1. The number of aromatic nitrogens is 2. The molecule has 101 valence electrons. The number of fused-ring (bicyclic) bond motifs is 1. The molecular weight excluding hydrogens is 294 g/mol. The molecule has 0 aliphatic rings. The molecule has 0 amide bonds. The minimum atomic E-state index is -1.02. The zero-order valence-electron chi connectivity index (χ0n) is 8.72. The van der Waals surface area contributed by atoms with E-state index in [9.17, 15) is 15.2 Å². The molecule has 1 aromatic heterocycles. The summed E-state index contributed by atoms with van der Waals surface area (Å²) in [7, 11) is 0. The number of para-hydroxylation sites is 2. The van der Waals surface area contributed by atoms with Gasteiger partial charge in [0.2, 0.25) is 5.52 Å². The van der Waals surface area contributed by atoms with E-state index in [-0.39, 0.29) is 43.8 Å². The molecule has 0 atom stereocenters. The van der Waals surface area contributed by atoms with Gasteiger partial charge in [-0.1, -0.05) is 12.1 Å². The van der Waals surface area contributed by atoms with Crippen molar-refractivity contribution in [2.24, 2.45) is 0 Å². The zero-order chi connectivity index (χ0) is 11.0. The Morgan fingerprint density at radius 1 is 1.33 bits per heavy atom. The van der Waals surface area contributed by atoms with E-state index in [0.29, 0.717) is 4.73 Å². The van der Waals surface area contributed by atoms with Gasteiger partial charge in [-0.25, -0.2) is 0 Å². The van der Waals surface area contributed by atoms with Crippen LogP contribution in [0.4, 0.5) is 0 Å². The first kappa shape index (κ1) is 18.3. The van der Waals surface area contributed by atoms with Crippen molar-refractivity contribution in [3.8, 4) is 6.07 Å². The van der Waals surface area contributed by atoms with Gasteiger partial charge in [-0.3, -0.25) is 4.79 Å². The van der Waals surface area contributed by atoms with Gasteiger partial charge in [0.1, 0.15) is 0 Å². The van der Waals surface area contributed by atoms with Gasteiger partial charge in [0.15, 0.2) is 11.6 Å². The average molecular weight is 303 g/mol. The van der Waals surface area contributed by atoms with Crippen molar-refractivity contribution < 1.29 is 38.0 Å². The van der Waals surface area contributed by atoms with Crippen molar-refractivity contribution in [2.75, 3.05) is 0 Å². The van der Waals surface area contributed by atoms with Gasteiger partial charge in [-0.15, -0.1) is 9.46 Å². The fraction of sp³-hybridized carbons (Fsp3) is 0. The molecule has 5 N–H and O–H groups in total. The molecule has 2 aromatic rings. The first-order valence-electron chi connectivity index (χ1n) is 4.03. The number of nitriles is 1. The maximum atomic E-state index is 11.5. The maximum Gasteiger partial charge on any atom is 0.368 e. The van der Waals surface area contributed by atoms with Crippen molar-refractivity contribution >= 4 is 11.0 Å². The largest absolute Gasteiger partial charge is 0.617 e. The second-order valence-corrected chi connectivity index (χ2v) is 2.86. The minimum Gasteiger partial charge on any atom is -0.617 e. The standard InChI is InChI=1S/C9H5N3O3.Cu.2H2O/c10-5-8-9(13)12(15)7-4-2-1-3-6(7)11(8)14;;;/h1-4,15H;;2*1H2. The van der Waals surface area contributed by atoms with Crippen LogP contribution in [-0.4, -0.2) is 20.9 Å². The molecule has 0 aliphatic carbocycles. The van der Waals surface area contributed by atoms with Crippen LogP contribution >= 0.6 is 0 Å². The molecule has 0 fully saturated rings. The summed E-state index contributed by atoms with van der Waals surface area (Å²) in [5.74, 6) is 0. The molecule has 0 spiro atoms. The molecule has 0 aliphatic heterocycles. The third kappa shape index (κ3) is 2.42. The summed E-state index contributed by atoms with van der Waals surface area (Å²) in [6, 6.07) is 7.42. The Morgan fingerprint density at radius 2 is 1.89 bits per heavy atom. The summed E-state index contributed by atoms with van der Waals surface area (Å²) < 4.78 is 0.507. The van der Waals surface area contributed by atoms with E-state index in [1.807, 2.05) is 0 Å². The smallest absolute Gasteiger partial charge is 0.368 e. The third-order valence-electron chi connectivity index (χ3n) is 2.03. The van der Waals surface area contributed by atoms with Crippen molar-refractivity contribution in [3.05, 3.63) is 45.5 Å². The Morgan fingerprint density at radius 3 is 2.44 bits per heavy atom. The molecular formula is C9H9CuN3O5. The fourth-order valence-corrected chi connectivity index (χ4v) is 1.33. The van der Waals surface area contributed by atoms with Crippen LogP contribution in [0.3, 0.4) is 0 Å². The Balaban J connectivity index is 0. The van der Waals surface area contributed by atoms with Gasteiger partial charge in [0, 0.05) is 23.1 Å². The van der Waals surface area contributed by atoms with Gasteiger partial charge in [-0.05, 0) is 6.07 Å². The van der Waals surface area contributed by atoms with E-state index < -0.39 is 11.3 Å². The molecule has 1 radical (unpaired) electrons. The molecule has 0 unspecified atom stereocenters. The predicted molar refractivity (Wildman–Crippen MR) is 56.3 cm³/mol. The fourth-order valence-electron chi connectivity index (χ4n) is 1.33. The van der Waals surface area contributed by atoms with Crippen LogP contribution in [0.5, 0.6) is 0 Å². The minimum absolute atomic E-state index is 0. The molecule has 0 bridgehead atoms. The Hall–Kier alpha value is -2.11. The van der Waals surface area contributed by atoms with Crippen LogP contribution in [0.1, 0.15) is 5.69 Å². The van der Waals surface area contributed by atoms with Crippen molar-refractivity contribution in [1.82, 2.24) is 4.73 Å². The molecule has 0 saturated heterocycles. The van der Waals surface area contributed by atoms with E-state index in [0.717, 1.165) is 0 Å². The number of hydrogen-bond acceptors (Lipinski definition) is 4. The first-order chi connectivity index (χ1) is 7.16. The van der Waals surface area contributed by atoms with Crippen LogP contribution < -0.4 is 10.3 Å². The van der Waals surface area contributed by atoms with Gasteiger partial charge >= 0.3 is 11.3 Å². The third-order valence-corrected chi connectivity index (χ3v) is 2.03. The summed E-state index contributed by atoms with van der Waals surface area (Å²) in [4.78, 5) is 11.3. The molecule has 0 saturated carbocycles. The first-order valence-corrected chi connectivity index (χ1v) is 4.03. The van der Waals surface area contributed by atoms with Gasteiger partial charge in [-0.2, -0.15) is 5.26 Å². The van der Waals surface area contributed by atoms with E-state index in [4.69, 9.17) is 5.26 Å². The van der Waals surface area contributed by atoms with Gasteiger partial charge in [0.05, 0.1) is 0 Å². The van der Waals surface area contributed by atoms with Crippen molar-refractivity contribution in [2.45, 2.75) is 0 Å². The molecule has 1 heterocycles. The van der Waals surface area contributed by atoms with Crippen LogP contribution in [0, 0.1) is 16.5 Å². The second kappa shape index (κ2) is 6.58. The summed E-state index contributed by atoms with van der Waals surface area (Å²) in [5.41, 5.74) is -1.55. The van der Waals surface area contributed by atoms with Crippen molar-refractivity contribution in [3.63, 3.8) is 0 Å². The summed E-state index contributed by atoms with van der Waals surface area (Å²) in [6.07, 6.45) is 0. The number of hydrogen-bond donors (Lipinski definition) is 1. The van der Waals surface area contributed by atoms with E-state index in [1.54, 1.807) is 12.1 Å². The van der Waals surface area contributed by atoms with Crippen molar-refractivity contribution in [1.29, 1.82) is 5.26 Å². The van der Waals surface area contributed by atoms with Crippen LogP contribution in [0.15, 0.2) is 29.1 Å². The monoisotopic (exact) mass is 302 g/mol. The second-order valence-electron chi connectivity index (χ2n) is 2.86. The average Bonchev–Trinajstić information content (AvgIpc) is 2.27. The molecule has 8 nitrogen and oxygen atoms in total. The van der Waals surface area contributed by atoms with Gasteiger partial charge in [0.25, 0.3) is 0 Å². The normalized spacial score (nSPS) is 8.39. The van der Waals surface area contributed by atoms with E-state index >= 15 is 0 Å². The van der Waals surface area contributed by atoms with Crippen LogP contribution in [-0.2, 0) is 17.1 Å². The maximum absolute atomic E-state index is 11.5. The molecule has 9 heteroatoms. The number of nitrogens with zero attached hydrogens (tertiary/aromatic N) is 3. The van der Waals surface area contributed by atoms with E-state index in [1.165, 1.54) is 18.2 Å². The Kier molecular flexibility index (Phi) is 6.68. The number of rotatable bonds is 0. The van der Waals surface area contributed by atoms with E-state index in [2.05, 4.69) is 0 Å². The summed E-state index contributed by atoms with van der Waals surface area (Å²) in [6.45, 7) is 0. The Bertz CT molecular complexity index is 649. The Labute approximate surface area is 111 Å². The predicted octanol–water partition coefficient (Wildman–Crippen LogP) is -1.91. The molecule has 2 rings (SSSR count). The summed E-state index contributed by atoms with van der Waals surface area (Å²) in [5, 5.41) is 29.5. The quantitative estimate of drug-likeness (QED) is 0.261. The zero-order valence-corrected chi connectivity index (χ0v) is 9.66. The SMILES string of the molecule is N#Cc1c(=O)n(O)c2ccccc2[n+]1[O-].O.O.[Cu]. The van der Waals surface area contributed by atoms with Gasteiger partial charge < -0.3 is 21.4 Å². The summed E-state index contributed by atoms with van der Waals surface area (Å²) >= 11 is 0. The van der Waals surface area contributed by atoms with Crippen LogP contribution in [0.25, 0.3) is 11.0 Å². The molecule has 18 heavy (non-hydrogen) atoms. The molecule has 1 aromatic carbocycles. The topological polar surface area (TPSA) is 156 Å².